The molecular weight excluding hydrogens is 350 g/mol. The molecule has 28 heavy (non-hydrogen) atoms. The van der Waals surface area contributed by atoms with E-state index in [1.165, 1.54) is 24.7 Å². The van der Waals surface area contributed by atoms with Crippen molar-refractivity contribution in [3.05, 3.63) is 59.9 Å². The van der Waals surface area contributed by atoms with Gasteiger partial charge in [-0.05, 0) is 84.3 Å². The predicted molar refractivity (Wildman–Crippen MR) is 108 cm³/mol. The standard InChI is InChI=1S/C22H25N5O/c1-4-22(2,3)24-21(28)19-11-18(12-20(13-19)27-14-23-25-26-27)17-9-7-16(8-10-17)15-5-6-15/h7-15H,4-6H2,1-3H3,(H,24,28). The summed E-state index contributed by atoms with van der Waals surface area (Å²) in [6, 6.07) is 14.4. The predicted octanol–water partition coefficient (Wildman–Crippen LogP) is 4.13. The third-order valence-corrected chi connectivity index (χ3v) is 5.42. The highest BCUT2D eigenvalue weighted by molar-refractivity contribution is 5.96. The van der Waals surface area contributed by atoms with Gasteiger partial charge in [-0.2, -0.15) is 0 Å². The summed E-state index contributed by atoms with van der Waals surface area (Å²) in [6.45, 7) is 6.10. The van der Waals surface area contributed by atoms with Gasteiger partial charge in [0.05, 0.1) is 5.69 Å². The number of hydrogen-bond donors (Lipinski definition) is 1. The maximum atomic E-state index is 12.9. The molecule has 6 nitrogen and oxygen atoms in total. The first-order chi connectivity index (χ1) is 13.4. The van der Waals surface area contributed by atoms with E-state index in [0.29, 0.717) is 5.56 Å². The minimum Gasteiger partial charge on any atom is -0.347 e. The Kier molecular flexibility index (Phi) is 4.71. The van der Waals surface area contributed by atoms with Gasteiger partial charge in [0.2, 0.25) is 0 Å². The summed E-state index contributed by atoms with van der Waals surface area (Å²) >= 11 is 0. The summed E-state index contributed by atoms with van der Waals surface area (Å²) in [5.41, 5.74) is 4.51. The van der Waals surface area contributed by atoms with Crippen molar-refractivity contribution in [3.63, 3.8) is 0 Å². The van der Waals surface area contributed by atoms with Gasteiger partial charge in [0.15, 0.2) is 0 Å². The summed E-state index contributed by atoms with van der Waals surface area (Å²) in [5.74, 6) is 0.622. The number of rotatable bonds is 6. The second kappa shape index (κ2) is 7.19. The molecule has 1 fully saturated rings. The van der Waals surface area contributed by atoms with Crippen LogP contribution in [0.1, 0.15) is 61.9 Å². The monoisotopic (exact) mass is 375 g/mol. The molecule has 1 aliphatic rings. The summed E-state index contributed by atoms with van der Waals surface area (Å²) in [5, 5.41) is 14.5. The van der Waals surface area contributed by atoms with Crippen LogP contribution in [0, 0.1) is 0 Å². The number of nitrogens with one attached hydrogen (secondary N) is 1. The number of carbonyl (C=O) groups excluding carboxylic acids is 1. The molecule has 0 aliphatic heterocycles. The molecule has 0 bridgehead atoms. The smallest absolute Gasteiger partial charge is 0.251 e. The molecule has 0 spiro atoms. The number of benzene rings is 2. The van der Waals surface area contributed by atoms with Gasteiger partial charge in [0, 0.05) is 11.1 Å². The Morgan fingerprint density at radius 3 is 2.50 bits per heavy atom. The van der Waals surface area contributed by atoms with E-state index in [4.69, 9.17) is 0 Å². The maximum Gasteiger partial charge on any atom is 0.251 e. The van der Waals surface area contributed by atoms with Crippen molar-refractivity contribution < 1.29 is 4.79 Å². The number of hydrogen-bond acceptors (Lipinski definition) is 4. The lowest BCUT2D eigenvalue weighted by Crippen LogP contribution is -2.42. The van der Waals surface area contributed by atoms with Crippen molar-refractivity contribution in [1.29, 1.82) is 0 Å². The number of aromatic nitrogens is 4. The zero-order valence-corrected chi connectivity index (χ0v) is 16.5. The van der Waals surface area contributed by atoms with Gasteiger partial charge < -0.3 is 5.32 Å². The van der Waals surface area contributed by atoms with Crippen molar-refractivity contribution in [2.24, 2.45) is 0 Å². The minimum absolute atomic E-state index is 0.0994. The molecular formula is C22H25N5O. The first-order valence-corrected chi connectivity index (χ1v) is 9.76. The van der Waals surface area contributed by atoms with E-state index in [0.717, 1.165) is 29.2 Å². The van der Waals surface area contributed by atoms with Crippen molar-refractivity contribution in [2.75, 3.05) is 0 Å². The van der Waals surface area contributed by atoms with Crippen molar-refractivity contribution in [2.45, 2.75) is 51.5 Å². The zero-order valence-electron chi connectivity index (χ0n) is 16.5. The molecule has 1 amide bonds. The topological polar surface area (TPSA) is 72.7 Å². The molecule has 1 N–H and O–H groups in total. The van der Waals surface area contributed by atoms with E-state index in [1.54, 1.807) is 4.68 Å². The van der Waals surface area contributed by atoms with E-state index in [-0.39, 0.29) is 11.4 Å². The minimum atomic E-state index is -0.270. The molecule has 0 unspecified atom stereocenters. The van der Waals surface area contributed by atoms with Crippen molar-refractivity contribution in [1.82, 2.24) is 25.5 Å². The van der Waals surface area contributed by atoms with Gasteiger partial charge in [0.1, 0.15) is 6.33 Å². The number of tetrazole rings is 1. The molecule has 1 heterocycles. The van der Waals surface area contributed by atoms with Crippen LogP contribution in [0.15, 0.2) is 48.8 Å². The normalized spacial score (nSPS) is 14.1. The fraction of sp³-hybridized carbons (Fsp3) is 0.364. The van der Waals surface area contributed by atoms with Gasteiger partial charge in [0.25, 0.3) is 5.91 Å². The average molecular weight is 375 g/mol. The first-order valence-electron chi connectivity index (χ1n) is 9.76. The van der Waals surface area contributed by atoms with Gasteiger partial charge in [-0.25, -0.2) is 4.68 Å². The summed E-state index contributed by atoms with van der Waals surface area (Å²) < 4.78 is 1.57. The molecule has 4 rings (SSSR count). The molecule has 144 valence electrons. The second-order valence-corrected chi connectivity index (χ2v) is 8.11. The molecule has 6 heteroatoms. The number of nitrogens with zero attached hydrogens (tertiary/aromatic N) is 4. The second-order valence-electron chi connectivity index (χ2n) is 8.11. The van der Waals surface area contributed by atoms with Crippen molar-refractivity contribution in [3.8, 4) is 16.8 Å². The Labute approximate surface area is 165 Å². The van der Waals surface area contributed by atoms with Gasteiger partial charge in [-0.1, -0.05) is 31.2 Å². The molecule has 1 aliphatic carbocycles. The fourth-order valence-electron chi connectivity index (χ4n) is 3.15. The maximum absolute atomic E-state index is 12.9. The Morgan fingerprint density at radius 2 is 1.89 bits per heavy atom. The highest BCUT2D eigenvalue weighted by atomic mass is 16.1. The molecule has 0 atom stereocenters. The Balaban J connectivity index is 1.72. The molecule has 1 saturated carbocycles. The van der Waals surface area contributed by atoms with E-state index in [1.807, 2.05) is 32.0 Å². The third-order valence-electron chi connectivity index (χ3n) is 5.42. The van der Waals surface area contributed by atoms with Crippen LogP contribution in [-0.4, -0.2) is 31.7 Å². The fourth-order valence-corrected chi connectivity index (χ4v) is 3.15. The Morgan fingerprint density at radius 1 is 1.14 bits per heavy atom. The van der Waals surface area contributed by atoms with Crippen LogP contribution in [0.5, 0.6) is 0 Å². The average Bonchev–Trinajstić information content (AvgIpc) is 3.41. The van der Waals surface area contributed by atoms with E-state index in [9.17, 15) is 4.79 Å². The summed E-state index contributed by atoms with van der Waals surface area (Å²) in [4.78, 5) is 12.9. The van der Waals surface area contributed by atoms with Crippen LogP contribution >= 0.6 is 0 Å². The molecule has 3 aromatic rings. The Bertz CT molecular complexity index is 973. The Hall–Kier alpha value is -3.02. The molecule has 2 aromatic carbocycles. The van der Waals surface area contributed by atoms with Crippen LogP contribution in [0.4, 0.5) is 0 Å². The molecule has 0 saturated heterocycles. The highest BCUT2D eigenvalue weighted by Crippen LogP contribution is 2.40. The lowest BCUT2D eigenvalue weighted by Gasteiger charge is -2.24. The lowest BCUT2D eigenvalue weighted by molar-refractivity contribution is 0.0911. The number of carbonyl (C=O) groups is 1. The van der Waals surface area contributed by atoms with Crippen LogP contribution in [0.25, 0.3) is 16.8 Å². The summed E-state index contributed by atoms with van der Waals surface area (Å²) in [6.07, 6.45) is 4.95. The number of amides is 1. The largest absolute Gasteiger partial charge is 0.347 e. The van der Waals surface area contributed by atoms with E-state index >= 15 is 0 Å². The molecule has 1 aromatic heterocycles. The quantitative estimate of drug-likeness (QED) is 0.703. The molecule has 0 radical (unpaired) electrons. The third kappa shape index (κ3) is 3.96. The van der Waals surface area contributed by atoms with Crippen molar-refractivity contribution >= 4 is 5.91 Å². The SMILES string of the molecule is CCC(C)(C)NC(=O)c1cc(-c2ccc(C3CC3)cc2)cc(-n2cnnn2)c1. The van der Waals surface area contributed by atoms with Crippen LogP contribution in [0.2, 0.25) is 0 Å². The summed E-state index contributed by atoms with van der Waals surface area (Å²) in [7, 11) is 0. The first kappa shape index (κ1) is 18.3. The van der Waals surface area contributed by atoms with Gasteiger partial charge in [-0.15, -0.1) is 5.10 Å². The van der Waals surface area contributed by atoms with Crippen LogP contribution < -0.4 is 5.32 Å². The van der Waals surface area contributed by atoms with E-state index < -0.39 is 0 Å². The van der Waals surface area contributed by atoms with Crippen LogP contribution in [-0.2, 0) is 0 Å². The lowest BCUT2D eigenvalue weighted by atomic mass is 9.98. The van der Waals surface area contributed by atoms with Gasteiger partial charge in [-0.3, -0.25) is 4.79 Å². The zero-order chi connectivity index (χ0) is 19.7. The highest BCUT2D eigenvalue weighted by Gasteiger charge is 2.23. The van der Waals surface area contributed by atoms with Gasteiger partial charge >= 0.3 is 0 Å². The van der Waals surface area contributed by atoms with E-state index in [2.05, 4.69) is 52.0 Å². The van der Waals surface area contributed by atoms with Crippen LogP contribution in [0.3, 0.4) is 0 Å².